The fraction of sp³-hybridized carbons (Fsp3) is 0.600. The van der Waals surface area contributed by atoms with Gasteiger partial charge in [0.15, 0.2) is 0 Å². The van der Waals surface area contributed by atoms with Crippen LogP contribution in [0, 0.1) is 18.7 Å². The Kier molecular flexibility index (Phi) is 5.63. The molecule has 1 aromatic rings. The number of benzene rings is 1. The summed E-state index contributed by atoms with van der Waals surface area (Å²) in [5.74, 6) is 0.476. The van der Waals surface area contributed by atoms with Crippen molar-refractivity contribution in [3.8, 4) is 0 Å². The van der Waals surface area contributed by atoms with E-state index in [4.69, 9.17) is 0 Å². The highest BCUT2D eigenvalue weighted by Gasteiger charge is 2.16. The highest BCUT2D eigenvalue weighted by atomic mass is 19.1. The van der Waals surface area contributed by atoms with E-state index >= 15 is 0 Å². The molecular weight excluding hydrogens is 213 g/mol. The Labute approximate surface area is 104 Å². The minimum Gasteiger partial charge on any atom is -0.310 e. The fourth-order valence-corrected chi connectivity index (χ4v) is 2.02. The van der Waals surface area contributed by atoms with Crippen molar-refractivity contribution in [2.24, 2.45) is 5.92 Å². The van der Waals surface area contributed by atoms with Gasteiger partial charge >= 0.3 is 0 Å². The first-order chi connectivity index (χ1) is 8.04. The zero-order chi connectivity index (χ0) is 12.8. The third-order valence-electron chi connectivity index (χ3n) is 2.88. The topological polar surface area (TPSA) is 12.0 Å². The van der Waals surface area contributed by atoms with Gasteiger partial charge in [0.05, 0.1) is 0 Å². The Morgan fingerprint density at radius 3 is 2.53 bits per heavy atom. The fourth-order valence-electron chi connectivity index (χ4n) is 2.02. The third-order valence-corrected chi connectivity index (χ3v) is 2.88. The number of nitrogens with one attached hydrogen (secondary N) is 1. The zero-order valence-electron chi connectivity index (χ0n) is 11.4. The summed E-state index contributed by atoms with van der Waals surface area (Å²) in [4.78, 5) is 0. The summed E-state index contributed by atoms with van der Waals surface area (Å²) in [6.45, 7) is 9.33. The molecule has 0 saturated carbocycles. The molecule has 2 heteroatoms. The summed E-state index contributed by atoms with van der Waals surface area (Å²) < 4.78 is 13.9. The average molecular weight is 237 g/mol. The molecule has 0 aliphatic heterocycles. The van der Waals surface area contributed by atoms with Crippen LogP contribution in [0.5, 0.6) is 0 Å². The number of hydrogen-bond acceptors (Lipinski definition) is 1. The predicted molar refractivity (Wildman–Crippen MR) is 71.6 cm³/mol. The van der Waals surface area contributed by atoms with Crippen LogP contribution in [-0.2, 0) is 0 Å². The molecule has 1 nitrogen and oxygen atoms in total. The van der Waals surface area contributed by atoms with E-state index < -0.39 is 0 Å². The lowest BCUT2D eigenvalue weighted by Gasteiger charge is -2.21. The lowest BCUT2D eigenvalue weighted by atomic mass is 9.95. The smallest absolute Gasteiger partial charge is 0.128 e. The second-order valence-electron chi connectivity index (χ2n) is 5.16. The summed E-state index contributed by atoms with van der Waals surface area (Å²) in [6, 6.07) is 5.66. The summed E-state index contributed by atoms with van der Waals surface area (Å²) >= 11 is 0. The van der Waals surface area contributed by atoms with Crippen molar-refractivity contribution in [1.82, 2.24) is 5.32 Å². The van der Waals surface area contributed by atoms with E-state index in [1.54, 1.807) is 6.07 Å². The van der Waals surface area contributed by atoms with E-state index in [0.717, 1.165) is 30.5 Å². The van der Waals surface area contributed by atoms with Crippen LogP contribution in [0.2, 0.25) is 0 Å². The predicted octanol–water partition coefficient (Wildman–Crippen LogP) is 4.22. The van der Waals surface area contributed by atoms with Crippen molar-refractivity contribution < 1.29 is 4.39 Å². The van der Waals surface area contributed by atoms with Crippen LogP contribution < -0.4 is 5.32 Å². The van der Waals surface area contributed by atoms with Crippen LogP contribution >= 0.6 is 0 Å². The molecule has 1 unspecified atom stereocenters. The SMILES string of the molecule is CCCNC(CC(C)C)c1ccc(C)cc1F. The van der Waals surface area contributed by atoms with Crippen molar-refractivity contribution >= 4 is 0 Å². The lowest BCUT2D eigenvalue weighted by Crippen LogP contribution is -2.24. The highest BCUT2D eigenvalue weighted by molar-refractivity contribution is 5.26. The average Bonchev–Trinajstić information content (AvgIpc) is 2.24. The molecule has 1 atom stereocenters. The largest absolute Gasteiger partial charge is 0.310 e. The van der Waals surface area contributed by atoms with Crippen LogP contribution in [0.3, 0.4) is 0 Å². The van der Waals surface area contributed by atoms with Gasteiger partial charge in [-0.25, -0.2) is 4.39 Å². The number of rotatable bonds is 6. The standard InChI is InChI=1S/C15H24FN/c1-5-8-17-15(9-11(2)3)13-7-6-12(4)10-14(13)16/h6-7,10-11,15,17H,5,8-9H2,1-4H3. The Hall–Kier alpha value is -0.890. The minimum atomic E-state index is -0.0840. The van der Waals surface area contributed by atoms with E-state index in [1.165, 1.54) is 0 Å². The summed E-state index contributed by atoms with van der Waals surface area (Å²) in [5.41, 5.74) is 1.78. The first kappa shape index (κ1) is 14.2. The molecule has 0 fully saturated rings. The molecule has 17 heavy (non-hydrogen) atoms. The van der Waals surface area contributed by atoms with Crippen LogP contribution in [0.15, 0.2) is 18.2 Å². The summed E-state index contributed by atoms with van der Waals surface area (Å²) in [5, 5.41) is 3.44. The van der Waals surface area contributed by atoms with Gasteiger partial charge < -0.3 is 5.32 Å². The van der Waals surface area contributed by atoms with Crippen LogP contribution in [-0.4, -0.2) is 6.54 Å². The lowest BCUT2D eigenvalue weighted by molar-refractivity contribution is 0.416. The van der Waals surface area contributed by atoms with Gasteiger partial charge in [0, 0.05) is 11.6 Å². The molecule has 0 radical (unpaired) electrons. The molecule has 0 amide bonds. The van der Waals surface area contributed by atoms with Crippen LogP contribution in [0.4, 0.5) is 4.39 Å². The third kappa shape index (κ3) is 4.47. The molecule has 96 valence electrons. The minimum absolute atomic E-state index is 0.0840. The van der Waals surface area contributed by atoms with Crippen molar-refractivity contribution in [3.05, 3.63) is 35.1 Å². The van der Waals surface area contributed by atoms with Crippen molar-refractivity contribution in [2.45, 2.75) is 46.6 Å². The second-order valence-corrected chi connectivity index (χ2v) is 5.16. The first-order valence-corrected chi connectivity index (χ1v) is 6.54. The highest BCUT2D eigenvalue weighted by Crippen LogP contribution is 2.24. The Morgan fingerprint density at radius 1 is 1.29 bits per heavy atom. The van der Waals surface area contributed by atoms with Gasteiger partial charge in [0.2, 0.25) is 0 Å². The quantitative estimate of drug-likeness (QED) is 0.781. The van der Waals surface area contributed by atoms with Crippen molar-refractivity contribution in [2.75, 3.05) is 6.54 Å². The van der Waals surface area contributed by atoms with Gasteiger partial charge in [0.1, 0.15) is 5.82 Å². The molecule has 1 N–H and O–H groups in total. The first-order valence-electron chi connectivity index (χ1n) is 6.54. The molecule has 0 aliphatic rings. The number of halogens is 1. The van der Waals surface area contributed by atoms with E-state index in [-0.39, 0.29) is 11.9 Å². The van der Waals surface area contributed by atoms with Crippen molar-refractivity contribution in [1.29, 1.82) is 0 Å². The maximum Gasteiger partial charge on any atom is 0.128 e. The van der Waals surface area contributed by atoms with E-state index in [2.05, 4.69) is 26.1 Å². The Bertz CT molecular complexity index is 347. The Balaban J connectivity index is 2.86. The van der Waals surface area contributed by atoms with E-state index in [0.29, 0.717) is 5.92 Å². The molecule has 1 aromatic carbocycles. The van der Waals surface area contributed by atoms with Gasteiger partial charge in [-0.15, -0.1) is 0 Å². The van der Waals surface area contributed by atoms with Gasteiger partial charge in [-0.2, -0.15) is 0 Å². The molecule has 0 aromatic heterocycles. The normalized spacial score (nSPS) is 13.1. The maximum absolute atomic E-state index is 13.9. The molecule has 0 aliphatic carbocycles. The molecule has 0 saturated heterocycles. The van der Waals surface area contributed by atoms with Gasteiger partial charge in [0.25, 0.3) is 0 Å². The molecule has 0 heterocycles. The molecule has 0 spiro atoms. The van der Waals surface area contributed by atoms with Gasteiger partial charge in [-0.1, -0.05) is 32.9 Å². The van der Waals surface area contributed by atoms with Crippen LogP contribution in [0.1, 0.15) is 50.8 Å². The maximum atomic E-state index is 13.9. The van der Waals surface area contributed by atoms with E-state index in [9.17, 15) is 4.39 Å². The van der Waals surface area contributed by atoms with Crippen LogP contribution in [0.25, 0.3) is 0 Å². The molecule has 0 bridgehead atoms. The van der Waals surface area contributed by atoms with Gasteiger partial charge in [-0.3, -0.25) is 0 Å². The van der Waals surface area contributed by atoms with Gasteiger partial charge in [-0.05, 0) is 43.9 Å². The molecular formula is C15H24FN. The van der Waals surface area contributed by atoms with Crippen molar-refractivity contribution in [3.63, 3.8) is 0 Å². The van der Waals surface area contributed by atoms with E-state index in [1.807, 2.05) is 19.1 Å². The summed E-state index contributed by atoms with van der Waals surface area (Å²) in [7, 11) is 0. The second kappa shape index (κ2) is 6.75. The number of aryl methyl sites for hydroxylation is 1. The zero-order valence-corrected chi connectivity index (χ0v) is 11.4. The monoisotopic (exact) mass is 237 g/mol. The summed E-state index contributed by atoms with van der Waals surface area (Å²) in [6.07, 6.45) is 2.04. The molecule has 1 rings (SSSR count). The Morgan fingerprint density at radius 2 is 2.00 bits per heavy atom. The number of hydrogen-bond donors (Lipinski definition) is 1.